The van der Waals surface area contributed by atoms with Crippen molar-refractivity contribution in [2.45, 2.75) is 32.2 Å². The fourth-order valence-electron chi connectivity index (χ4n) is 1.02. The Morgan fingerprint density at radius 3 is 2.40 bits per heavy atom. The van der Waals surface area contributed by atoms with Crippen molar-refractivity contribution in [1.29, 1.82) is 0 Å². The van der Waals surface area contributed by atoms with Gasteiger partial charge >= 0.3 is 5.97 Å². The lowest BCUT2D eigenvalue weighted by molar-refractivity contribution is -0.150. The molecule has 1 atom stereocenters. The standard InChI is InChI=1S/C9H14FNO4/c1-2-3-7(12)11-6(4-5-10)8(13)9(14)15/h6H,2-5H2,1H3,(H,11,12)(H,14,15). The average molecular weight is 219 g/mol. The molecular weight excluding hydrogens is 205 g/mol. The van der Waals surface area contributed by atoms with Crippen molar-refractivity contribution in [2.75, 3.05) is 6.67 Å². The Morgan fingerprint density at radius 2 is 2.00 bits per heavy atom. The van der Waals surface area contributed by atoms with Gasteiger partial charge in [-0.25, -0.2) is 4.79 Å². The van der Waals surface area contributed by atoms with Crippen LogP contribution in [-0.4, -0.2) is 35.5 Å². The van der Waals surface area contributed by atoms with Crippen molar-refractivity contribution in [2.24, 2.45) is 0 Å². The molecule has 1 unspecified atom stereocenters. The number of carbonyl (C=O) groups is 3. The molecule has 6 heteroatoms. The fraction of sp³-hybridized carbons (Fsp3) is 0.667. The molecule has 0 aromatic heterocycles. The molecule has 0 saturated carbocycles. The minimum atomic E-state index is -1.66. The van der Waals surface area contributed by atoms with Crippen molar-refractivity contribution in [3.05, 3.63) is 0 Å². The number of carboxylic acid groups (broad SMARTS) is 1. The minimum absolute atomic E-state index is 0.190. The third-order valence-electron chi connectivity index (χ3n) is 1.74. The number of hydrogen-bond donors (Lipinski definition) is 2. The van der Waals surface area contributed by atoms with Gasteiger partial charge in [-0.15, -0.1) is 0 Å². The summed E-state index contributed by atoms with van der Waals surface area (Å²) in [5, 5.41) is 10.6. The summed E-state index contributed by atoms with van der Waals surface area (Å²) in [7, 11) is 0. The van der Waals surface area contributed by atoms with Crippen LogP contribution in [0.25, 0.3) is 0 Å². The van der Waals surface area contributed by atoms with Gasteiger partial charge in [0.1, 0.15) is 6.04 Å². The van der Waals surface area contributed by atoms with Crippen molar-refractivity contribution in [3.8, 4) is 0 Å². The molecule has 2 N–H and O–H groups in total. The molecule has 0 aromatic rings. The predicted octanol–water partition coefficient (Wildman–Crippen LogP) is 0.285. The molecule has 0 aliphatic rings. The number of alkyl halides is 1. The first-order chi connectivity index (χ1) is 7.02. The van der Waals surface area contributed by atoms with E-state index in [1.165, 1.54) is 0 Å². The Bertz CT molecular complexity index is 254. The molecular formula is C9H14FNO4. The number of carbonyl (C=O) groups excluding carboxylic acids is 2. The Hall–Kier alpha value is -1.46. The second-order valence-electron chi connectivity index (χ2n) is 3.02. The van der Waals surface area contributed by atoms with Crippen molar-refractivity contribution in [1.82, 2.24) is 5.32 Å². The topological polar surface area (TPSA) is 83.5 Å². The van der Waals surface area contributed by atoms with E-state index in [0.29, 0.717) is 6.42 Å². The van der Waals surface area contributed by atoms with E-state index in [2.05, 4.69) is 5.32 Å². The number of amides is 1. The van der Waals surface area contributed by atoms with Crippen LogP contribution in [0.5, 0.6) is 0 Å². The van der Waals surface area contributed by atoms with E-state index >= 15 is 0 Å². The van der Waals surface area contributed by atoms with Gasteiger partial charge < -0.3 is 10.4 Å². The molecule has 0 aromatic carbocycles. The number of aliphatic carboxylic acids is 1. The van der Waals surface area contributed by atoms with Gasteiger partial charge in [0.25, 0.3) is 5.78 Å². The van der Waals surface area contributed by atoms with Gasteiger partial charge in [-0.1, -0.05) is 6.92 Å². The quantitative estimate of drug-likeness (QED) is 0.602. The van der Waals surface area contributed by atoms with E-state index in [0.717, 1.165) is 0 Å². The summed E-state index contributed by atoms with van der Waals surface area (Å²) < 4.78 is 12.0. The zero-order valence-electron chi connectivity index (χ0n) is 8.46. The summed E-state index contributed by atoms with van der Waals surface area (Å²) in [6, 6.07) is -1.26. The number of halogens is 1. The highest BCUT2D eigenvalue weighted by Crippen LogP contribution is 1.97. The molecule has 86 valence electrons. The highest BCUT2D eigenvalue weighted by atomic mass is 19.1. The Labute approximate surface area is 86.7 Å². The maximum atomic E-state index is 12.0. The molecule has 0 fully saturated rings. The zero-order chi connectivity index (χ0) is 11.8. The average Bonchev–Trinajstić information content (AvgIpc) is 2.16. The molecule has 15 heavy (non-hydrogen) atoms. The summed E-state index contributed by atoms with van der Waals surface area (Å²) >= 11 is 0. The number of ketones is 1. The van der Waals surface area contributed by atoms with Crippen LogP contribution >= 0.6 is 0 Å². The first-order valence-corrected chi connectivity index (χ1v) is 4.65. The van der Waals surface area contributed by atoms with E-state index in [4.69, 9.17) is 5.11 Å². The van der Waals surface area contributed by atoms with Gasteiger partial charge in [-0.2, -0.15) is 0 Å². The summed E-state index contributed by atoms with van der Waals surface area (Å²) in [6.45, 7) is 0.916. The van der Waals surface area contributed by atoms with E-state index in [-0.39, 0.29) is 12.8 Å². The number of carboxylic acids is 1. The molecule has 0 radical (unpaired) electrons. The van der Waals surface area contributed by atoms with Gasteiger partial charge in [0.15, 0.2) is 0 Å². The third-order valence-corrected chi connectivity index (χ3v) is 1.74. The Morgan fingerprint density at radius 1 is 1.40 bits per heavy atom. The maximum absolute atomic E-state index is 12.0. The Balaban J connectivity index is 4.33. The van der Waals surface area contributed by atoms with Crippen LogP contribution in [0.2, 0.25) is 0 Å². The second kappa shape index (κ2) is 6.92. The fourth-order valence-corrected chi connectivity index (χ4v) is 1.02. The van der Waals surface area contributed by atoms with Gasteiger partial charge in [-0.3, -0.25) is 14.0 Å². The first-order valence-electron chi connectivity index (χ1n) is 4.65. The molecule has 0 spiro atoms. The zero-order valence-corrected chi connectivity index (χ0v) is 8.46. The van der Waals surface area contributed by atoms with Crippen molar-refractivity contribution in [3.63, 3.8) is 0 Å². The van der Waals surface area contributed by atoms with E-state index in [9.17, 15) is 18.8 Å². The number of Topliss-reactive ketones (excluding diaryl/α,β-unsaturated/α-hetero) is 1. The second-order valence-corrected chi connectivity index (χ2v) is 3.02. The maximum Gasteiger partial charge on any atom is 0.374 e. The van der Waals surface area contributed by atoms with Gasteiger partial charge in [0, 0.05) is 12.8 Å². The first kappa shape index (κ1) is 13.5. The summed E-state index contributed by atoms with van der Waals surface area (Å²) in [5.41, 5.74) is 0. The predicted molar refractivity (Wildman–Crippen MR) is 50.1 cm³/mol. The van der Waals surface area contributed by atoms with Gasteiger partial charge in [0.05, 0.1) is 6.67 Å². The largest absolute Gasteiger partial charge is 0.475 e. The molecule has 0 aliphatic heterocycles. The van der Waals surface area contributed by atoms with Crippen molar-refractivity contribution >= 4 is 17.7 Å². The molecule has 0 aliphatic carbocycles. The molecule has 5 nitrogen and oxygen atoms in total. The molecule has 1 amide bonds. The highest BCUT2D eigenvalue weighted by Gasteiger charge is 2.25. The lowest BCUT2D eigenvalue weighted by atomic mass is 10.1. The normalized spacial score (nSPS) is 11.9. The van der Waals surface area contributed by atoms with Crippen LogP contribution in [-0.2, 0) is 14.4 Å². The van der Waals surface area contributed by atoms with Crippen LogP contribution in [0.1, 0.15) is 26.2 Å². The minimum Gasteiger partial charge on any atom is -0.475 e. The van der Waals surface area contributed by atoms with Crippen LogP contribution in [0.3, 0.4) is 0 Å². The Kier molecular flexibility index (Phi) is 6.24. The molecule has 0 bridgehead atoms. The van der Waals surface area contributed by atoms with E-state index in [1.54, 1.807) is 6.92 Å². The lowest BCUT2D eigenvalue weighted by Gasteiger charge is -2.13. The smallest absolute Gasteiger partial charge is 0.374 e. The highest BCUT2D eigenvalue weighted by molar-refractivity contribution is 6.35. The molecule has 0 rings (SSSR count). The number of hydrogen-bond acceptors (Lipinski definition) is 3. The number of rotatable bonds is 7. The van der Waals surface area contributed by atoms with E-state index in [1.807, 2.05) is 0 Å². The lowest BCUT2D eigenvalue weighted by Crippen LogP contribution is -2.44. The molecule has 0 saturated heterocycles. The third kappa shape index (κ3) is 5.09. The summed E-state index contributed by atoms with van der Waals surface area (Å²) in [6.07, 6.45) is 0.464. The van der Waals surface area contributed by atoms with Crippen LogP contribution in [0.15, 0.2) is 0 Å². The van der Waals surface area contributed by atoms with Crippen LogP contribution in [0.4, 0.5) is 4.39 Å². The summed E-state index contributed by atoms with van der Waals surface area (Å²) in [5.74, 6) is -3.28. The SMILES string of the molecule is CCCC(=O)NC(CCF)C(=O)C(=O)O. The number of nitrogens with one attached hydrogen (secondary N) is 1. The van der Waals surface area contributed by atoms with Crippen LogP contribution < -0.4 is 5.32 Å². The summed E-state index contributed by atoms with van der Waals surface area (Å²) in [4.78, 5) is 32.4. The monoisotopic (exact) mass is 219 g/mol. The van der Waals surface area contributed by atoms with Gasteiger partial charge in [0.2, 0.25) is 5.91 Å². The van der Waals surface area contributed by atoms with Crippen LogP contribution in [0, 0.1) is 0 Å². The van der Waals surface area contributed by atoms with Gasteiger partial charge in [-0.05, 0) is 6.42 Å². The molecule has 0 heterocycles. The van der Waals surface area contributed by atoms with Crippen molar-refractivity contribution < 1.29 is 23.9 Å². The van der Waals surface area contributed by atoms with E-state index < -0.39 is 30.4 Å².